The van der Waals surface area contributed by atoms with Gasteiger partial charge in [-0.1, -0.05) is 18.5 Å². The molecular formula is C11H12ClN3O2. The first-order chi connectivity index (χ1) is 8.17. The molecule has 0 saturated carbocycles. The average molecular weight is 254 g/mol. The normalized spacial score (nSPS) is 10.8. The molecule has 6 heteroatoms. The molecule has 2 rings (SSSR count). The van der Waals surface area contributed by atoms with E-state index in [0.29, 0.717) is 23.0 Å². The van der Waals surface area contributed by atoms with Crippen LogP contribution >= 0.6 is 11.6 Å². The zero-order chi connectivity index (χ0) is 12.4. The lowest BCUT2D eigenvalue weighted by Crippen LogP contribution is -2.06. The Morgan fingerprint density at radius 1 is 1.53 bits per heavy atom. The number of ether oxygens (including phenoxy) is 1. The summed E-state index contributed by atoms with van der Waals surface area (Å²) in [5.41, 5.74) is 1.67. The molecule has 2 aromatic rings. The summed E-state index contributed by atoms with van der Waals surface area (Å²) >= 11 is 5.91. The summed E-state index contributed by atoms with van der Waals surface area (Å²) in [6, 6.07) is 1.73. The summed E-state index contributed by atoms with van der Waals surface area (Å²) in [7, 11) is 0. The van der Waals surface area contributed by atoms with E-state index < -0.39 is 5.97 Å². The van der Waals surface area contributed by atoms with Crippen LogP contribution in [0, 0.1) is 0 Å². The first-order valence-corrected chi connectivity index (χ1v) is 5.75. The molecule has 0 amide bonds. The number of carbonyl (C=O) groups excluding carboxylic acids is 1. The molecule has 0 aliphatic carbocycles. The fourth-order valence-electron chi connectivity index (χ4n) is 1.60. The molecule has 0 N–H and O–H groups in total. The number of esters is 1. The number of aromatic nitrogens is 3. The standard InChI is InChI=1S/C11H12ClN3O2/c1-3-7-5-9(12)14-10-8(6-13-15(7)10)11(16)17-4-2/h5-6H,3-4H2,1-2H3. The van der Waals surface area contributed by atoms with Gasteiger partial charge in [0.1, 0.15) is 10.7 Å². The lowest BCUT2D eigenvalue weighted by atomic mass is 10.3. The van der Waals surface area contributed by atoms with Crippen molar-refractivity contribution in [3.63, 3.8) is 0 Å². The highest BCUT2D eigenvalue weighted by molar-refractivity contribution is 6.29. The first kappa shape index (κ1) is 11.9. The van der Waals surface area contributed by atoms with E-state index in [2.05, 4.69) is 10.1 Å². The molecule has 0 saturated heterocycles. The minimum Gasteiger partial charge on any atom is -0.462 e. The first-order valence-electron chi connectivity index (χ1n) is 5.37. The van der Waals surface area contributed by atoms with Crippen LogP contribution in [0.5, 0.6) is 0 Å². The van der Waals surface area contributed by atoms with E-state index >= 15 is 0 Å². The largest absolute Gasteiger partial charge is 0.462 e. The van der Waals surface area contributed by atoms with Gasteiger partial charge in [-0.2, -0.15) is 5.10 Å². The maximum atomic E-state index is 11.7. The molecule has 0 aliphatic rings. The average Bonchev–Trinajstić information content (AvgIpc) is 2.71. The van der Waals surface area contributed by atoms with Gasteiger partial charge < -0.3 is 4.74 Å². The second-order valence-corrected chi connectivity index (χ2v) is 3.83. The molecule has 0 radical (unpaired) electrons. The van der Waals surface area contributed by atoms with E-state index in [1.54, 1.807) is 17.5 Å². The third-order valence-electron chi connectivity index (χ3n) is 2.37. The van der Waals surface area contributed by atoms with Crippen LogP contribution in [0.25, 0.3) is 5.65 Å². The van der Waals surface area contributed by atoms with Crippen molar-refractivity contribution in [2.45, 2.75) is 20.3 Å². The smallest absolute Gasteiger partial charge is 0.343 e. The van der Waals surface area contributed by atoms with Crippen molar-refractivity contribution in [3.8, 4) is 0 Å². The molecular weight excluding hydrogens is 242 g/mol. The Balaban J connectivity index is 2.60. The molecule has 0 fully saturated rings. The van der Waals surface area contributed by atoms with Crippen molar-refractivity contribution < 1.29 is 9.53 Å². The van der Waals surface area contributed by atoms with Crippen LogP contribution in [0.15, 0.2) is 12.3 Å². The van der Waals surface area contributed by atoms with E-state index in [0.717, 1.165) is 12.1 Å². The van der Waals surface area contributed by atoms with Crippen molar-refractivity contribution in [2.75, 3.05) is 6.61 Å². The fraction of sp³-hybridized carbons (Fsp3) is 0.364. The van der Waals surface area contributed by atoms with Crippen molar-refractivity contribution in [2.24, 2.45) is 0 Å². The fourth-order valence-corrected chi connectivity index (χ4v) is 1.80. The molecule has 0 aliphatic heterocycles. The molecule has 17 heavy (non-hydrogen) atoms. The molecule has 0 aromatic carbocycles. The Bertz CT molecular complexity index is 565. The van der Waals surface area contributed by atoms with Gasteiger partial charge in [-0.05, 0) is 19.4 Å². The van der Waals surface area contributed by atoms with Crippen LogP contribution in [0.4, 0.5) is 0 Å². The van der Waals surface area contributed by atoms with Crippen LogP contribution in [0.1, 0.15) is 29.9 Å². The van der Waals surface area contributed by atoms with Crippen molar-refractivity contribution in [1.82, 2.24) is 14.6 Å². The lowest BCUT2D eigenvalue weighted by molar-refractivity contribution is 0.0528. The Morgan fingerprint density at radius 2 is 2.29 bits per heavy atom. The zero-order valence-corrected chi connectivity index (χ0v) is 10.4. The molecule has 5 nitrogen and oxygen atoms in total. The number of rotatable bonds is 3. The van der Waals surface area contributed by atoms with Crippen molar-refractivity contribution in [3.05, 3.63) is 28.7 Å². The zero-order valence-electron chi connectivity index (χ0n) is 9.61. The maximum absolute atomic E-state index is 11.7. The predicted molar refractivity (Wildman–Crippen MR) is 63.3 cm³/mol. The van der Waals surface area contributed by atoms with Gasteiger partial charge in [0, 0.05) is 5.69 Å². The van der Waals surface area contributed by atoms with Crippen LogP contribution in [-0.4, -0.2) is 27.2 Å². The number of halogens is 1. The van der Waals surface area contributed by atoms with E-state index in [1.807, 2.05) is 6.92 Å². The topological polar surface area (TPSA) is 56.5 Å². The maximum Gasteiger partial charge on any atom is 0.343 e. The number of fused-ring (bicyclic) bond motifs is 1. The number of carbonyl (C=O) groups is 1. The molecule has 0 unspecified atom stereocenters. The van der Waals surface area contributed by atoms with Gasteiger partial charge in [-0.15, -0.1) is 0 Å². The predicted octanol–water partition coefficient (Wildman–Crippen LogP) is 2.12. The van der Waals surface area contributed by atoms with Gasteiger partial charge in [0.05, 0.1) is 12.8 Å². The van der Waals surface area contributed by atoms with E-state index in [-0.39, 0.29) is 0 Å². The Kier molecular flexibility index (Phi) is 3.28. The highest BCUT2D eigenvalue weighted by Gasteiger charge is 2.17. The molecule has 2 aromatic heterocycles. The highest BCUT2D eigenvalue weighted by atomic mass is 35.5. The molecule has 0 atom stereocenters. The number of nitrogens with zero attached hydrogens (tertiary/aromatic N) is 3. The summed E-state index contributed by atoms with van der Waals surface area (Å²) in [5, 5.41) is 4.48. The van der Waals surface area contributed by atoms with Crippen LogP contribution in [-0.2, 0) is 11.2 Å². The number of hydrogen-bond acceptors (Lipinski definition) is 4. The summed E-state index contributed by atoms with van der Waals surface area (Å²) in [6.07, 6.45) is 2.21. The summed E-state index contributed by atoms with van der Waals surface area (Å²) in [5.74, 6) is -0.431. The third kappa shape index (κ3) is 2.10. The summed E-state index contributed by atoms with van der Waals surface area (Å²) in [6.45, 7) is 4.05. The van der Waals surface area contributed by atoms with Gasteiger partial charge in [-0.3, -0.25) is 0 Å². The summed E-state index contributed by atoms with van der Waals surface area (Å²) in [4.78, 5) is 15.8. The minimum absolute atomic E-state index is 0.317. The van der Waals surface area contributed by atoms with Gasteiger partial charge in [0.25, 0.3) is 0 Å². The van der Waals surface area contributed by atoms with E-state index in [9.17, 15) is 4.79 Å². The minimum atomic E-state index is -0.431. The SMILES string of the molecule is CCOC(=O)c1cnn2c(CC)cc(Cl)nc12. The second kappa shape index (κ2) is 4.71. The molecule has 2 heterocycles. The lowest BCUT2D eigenvalue weighted by Gasteiger charge is -2.03. The molecule has 0 bridgehead atoms. The van der Waals surface area contributed by atoms with Gasteiger partial charge in [0.2, 0.25) is 0 Å². The monoisotopic (exact) mass is 253 g/mol. The van der Waals surface area contributed by atoms with E-state index in [4.69, 9.17) is 16.3 Å². The summed E-state index contributed by atoms with van der Waals surface area (Å²) < 4.78 is 6.54. The Morgan fingerprint density at radius 3 is 2.94 bits per heavy atom. The number of aryl methyl sites for hydroxylation is 1. The van der Waals surface area contributed by atoms with Gasteiger partial charge >= 0.3 is 5.97 Å². The van der Waals surface area contributed by atoms with Crippen molar-refractivity contribution >= 4 is 23.2 Å². The van der Waals surface area contributed by atoms with Crippen LogP contribution in [0.3, 0.4) is 0 Å². The second-order valence-electron chi connectivity index (χ2n) is 3.44. The molecule has 0 spiro atoms. The van der Waals surface area contributed by atoms with Gasteiger partial charge in [-0.25, -0.2) is 14.3 Å². The van der Waals surface area contributed by atoms with Crippen LogP contribution < -0.4 is 0 Å². The van der Waals surface area contributed by atoms with Crippen molar-refractivity contribution in [1.29, 1.82) is 0 Å². The Hall–Kier alpha value is -1.62. The van der Waals surface area contributed by atoms with Crippen LogP contribution in [0.2, 0.25) is 5.15 Å². The number of hydrogen-bond donors (Lipinski definition) is 0. The third-order valence-corrected chi connectivity index (χ3v) is 2.57. The Labute approximate surface area is 103 Å². The molecule has 90 valence electrons. The quantitative estimate of drug-likeness (QED) is 0.621. The highest BCUT2D eigenvalue weighted by Crippen LogP contribution is 2.16. The van der Waals surface area contributed by atoms with E-state index in [1.165, 1.54) is 6.20 Å². The van der Waals surface area contributed by atoms with Gasteiger partial charge in [0.15, 0.2) is 5.65 Å².